The van der Waals surface area contributed by atoms with Crippen LogP contribution in [0.4, 0.5) is 10.5 Å². The van der Waals surface area contributed by atoms with Gasteiger partial charge in [-0.25, -0.2) is 4.79 Å². The number of anilines is 1. The molecule has 0 bridgehead atoms. The van der Waals surface area contributed by atoms with Gasteiger partial charge in [-0.3, -0.25) is 15.0 Å². The van der Waals surface area contributed by atoms with Gasteiger partial charge in [0.15, 0.2) is 0 Å². The van der Waals surface area contributed by atoms with Crippen LogP contribution >= 0.6 is 0 Å². The van der Waals surface area contributed by atoms with E-state index in [2.05, 4.69) is 17.2 Å². The van der Waals surface area contributed by atoms with E-state index < -0.39 is 12.2 Å². The molecule has 0 saturated carbocycles. The normalized spacial score (nSPS) is 16.6. The number of carbonyl (C=O) groups is 2. The third-order valence-electron chi connectivity index (χ3n) is 2.47. The van der Waals surface area contributed by atoms with Gasteiger partial charge in [0, 0.05) is 5.69 Å². The Morgan fingerprint density at radius 2 is 2.06 bits per heavy atom. The summed E-state index contributed by atoms with van der Waals surface area (Å²) < 4.78 is 0. The molecule has 5 nitrogen and oxygen atoms in total. The smallest absolute Gasteiger partial charge is 0.326 e. The lowest BCUT2D eigenvalue weighted by Gasteiger charge is -2.24. The summed E-state index contributed by atoms with van der Waals surface area (Å²) in [6, 6.07) is 9.04. The number of rotatable bonds is 4. The van der Waals surface area contributed by atoms with E-state index in [-0.39, 0.29) is 12.5 Å². The molecule has 3 amide bonds. The molecule has 0 radical (unpaired) electrons. The third kappa shape index (κ3) is 2.44. The van der Waals surface area contributed by atoms with E-state index in [1.165, 1.54) is 4.90 Å². The number of para-hydroxylation sites is 1. The van der Waals surface area contributed by atoms with Crippen molar-refractivity contribution in [1.82, 2.24) is 10.2 Å². The molecule has 0 aliphatic carbocycles. The number of imide groups is 1. The standard InChI is InChI=1S/C12H13N3O2/c1-2-10(13-9-6-4-3-5-7-9)15-8-11(16)14-12(15)17/h2-7,10,13H,1,8H2,(H,14,16,17). The largest absolute Gasteiger partial charge is 0.362 e. The van der Waals surface area contributed by atoms with Crippen LogP contribution in [0.15, 0.2) is 43.0 Å². The van der Waals surface area contributed by atoms with Gasteiger partial charge >= 0.3 is 6.03 Å². The van der Waals surface area contributed by atoms with Gasteiger partial charge in [0.1, 0.15) is 12.7 Å². The van der Waals surface area contributed by atoms with Gasteiger partial charge in [-0.15, -0.1) is 0 Å². The zero-order valence-corrected chi connectivity index (χ0v) is 9.22. The molecule has 2 N–H and O–H groups in total. The van der Waals surface area contributed by atoms with E-state index in [1.807, 2.05) is 30.3 Å². The molecule has 2 rings (SSSR count). The van der Waals surface area contributed by atoms with Crippen LogP contribution in [-0.4, -0.2) is 29.5 Å². The average Bonchev–Trinajstić information content (AvgIpc) is 2.67. The molecule has 1 aromatic carbocycles. The van der Waals surface area contributed by atoms with Crippen molar-refractivity contribution in [2.75, 3.05) is 11.9 Å². The molecule has 1 aliphatic heterocycles. The fourth-order valence-electron chi connectivity index (χ4n) is 1.65. The summed E-state index contributed by atoms with van der Waals surface area (Å²) in [6.45, 7) is 3.72. The molecule has 1 heterocycles. The van der Waals surface area contributed by atoms with Crippen molar-refractivity contribution in [2.24, 2.45) is 0 Å². The van der Waals surface area contributed by atoms with Gasteiger partial charge in [0.2, 0.25) is 5.91 Å². The van der Waals surface area contributed by atoms with Gasteiger partial charge in [-0.1, -0.05) is 24.8 Å². The van der Waals surface area contributed by atoms with E-state index in [0.29, 0.717) is 0 Å². The number of amides is 3. The monoisotopic (exact) mass is 231 g/mol. The zero-order valence-electron chi connectivity index (χ0n) is 9.22. The molecule has 1 aliphatic rings. The van der Waals surface area contributed by atoms with E-state index >= 15 is 0 Å². The second kappa shape index (κ2) is 4.69. The minimum atomic E-state index is -0.400. The maximum atomic E-state index is 11.5. The second-order valence-corrected chi connectivity index (χ2v) is 3.67. The Bertz CT molecular complexity index is 444. The maximum Gasteiger partial charge on any atom is 0.326 e. The van der Waals surface area contributed by atoms with Crippen LogP contribution in [0, 0.1) is 0 Å². The quantitative estimate of drug-likeness (QED) is 0.604. The SMILES string of the molecule is C=CC(Nc1ccccc1)N1CC(=O)NC1=O. The lowest BCUT2D eigenvalue weighted by molar-refractivity contribution is -0.118. The van der Waals surface area contributed by atoms with Gasteiger partial charge < -0.3 is 5.32 Å². The third-order valence-corrected chi connectivity index (χ3v) is 2.47. The lowest BCUT2D eigenvalue weighted by atomic mass is 10.3. The zero-order chi connectivity index (χ0) is 12.3. The van der Waals surface area contributed by atoms with Crippen molar-refractivity contribution in [2.45, 2.75) is 6.17 Å². The number of nitrogens with zero attached hydrogens (tertiary/aromatic N) is 1. The minimum Gasteiger partial charge on any atom is -0.362 e. The number of hydrogen-bond acceptors (Lipinski definition) is 3. The molecule has 5 heteroatoms. The Labute approximate surface area is 99.1 Å². The first kappa shape index (κ1) is 11.2. The highest BCUT2D eigenvalue weighted by molar-refractivity contribution is 6.02. The lowest BCUT2D eigenvalue weighted by Crippen LogP contribution is -2.41. The highest BCUT2D eigenvalue weighted by atomic mass is 16.2. The Balaban J connectivity index is 2.10. The molecule has 1 fully saturated rings. The summed E-state index contributed by atoms with van der Waals surface area (Å²) in [6.07, 6.45) is 1.19. The summed E-state index contributed by atoms with van der Waals surface area (Å²) in [5.41, 5.74) is 0.865. The van der Waals surface area contributed by atoms with Gasteiger partial charge in [0.25, 0.3) is 0 Å². The molecule has 1 saturated heterocycles. The van der Waals surface area contributed by atoms with Gasteiger partial charge in [-0.05, 0) is 18.2 Å². The number of hydrogen-bond donors (Lipinski definition) is 2. The number of benzene rings is 1. The highest BCUT2D eigenvalue weighted by Gasteiger charge is 2.31. The first-order chi connectivity index (χ1) is 8.20. The summed E-state index contributed by atoms with van der Waals surface area (Å²) in [7, 11) is 0. The minimum absolute atomic E-state index is 0.0509. The van der Waals surface area contributed by atoms with Gasteiger partial charge in [-0.2, -0.15) is 0 Å². The van der Waals surface area contributed by atoms with Crippen molar-refractivity contribution >= 4 is 17.6 Å². The molecule has 88 valence electrons. The van der Waals surface area contributed by atoms with Crippen LogP contribution in [-0.2, 0) is 4.79 Å². The van der Waals surface area contributed by atoms with Crippen LogP contribution in [0.5, 0.6) is 0 Å². The summed E-state index contributed by atoms with van der Waals surface area (Å²) in [5, 5.41) is 5.34. The van der Waals surface area contributed by atoms with E-state index in [9.17, 15) is 9.59 Å². The first-order valence-electron chi connectivity index (χ1n) is 5.25. The topological polar surface area (TPSA) is 61.4 Å². The van der Waals surface area contributed by atoms with Gasteiger partial charge in [0.05, 0.1) is 0 Å². The Morgan fingerprint density at radius 1 is 1.35 bits per heavy atom. The first-order valence-corrected chi connectivity index (χ1v) is 5.25. The van der Waals surface area contributed by atoms with Crippen molar-refractivity contribution in [1.29, 1.82) is 0 Å². The van der Waals surface area contributed by atoms with Crippen LogP contribution in [0.25, 0.3) is 0 Å². The number of urea groups is 1. The van der Waals surface area contributed by atoms with Crippen molar-refractivity contribution in [3.8, 4) is 0 Å². The molecule has 1 unspecified atom stereocenters. The Kier molecular flexibility index (Phi) is 3.09. The Morgan fingerprint density at radius 3 is 2.59 bits per heavy atom. The molecule has 17 heavy (non-hydrogen) atoms. The molecular weight excluding hydrogens is 218 g/mol. The van der Waals surface area contributed by atoms with E-state index in [4.69, 9.17) is 0 Å². The second-order valence-electron chi connectivity index (χ2n) is 3.67. The predicted octanol–water partition coefficient (Wildman–Crippen LogP) is 1.16. The summed E-state index contributed by atoms with van der Waals surface area (Å²) in [4.78, 5) is 24.0. The van der Waals surface area contributed by atoms with Crippen molar-refractivity contribution in [3.63, 3.8) is 0 Å². The average molecular weight is 231 g/mol. The number of nitrogens with one attached hydrogen (secondary N) is 2. The molecule has 1 aromatic rings. The Hall–Kier alpha value is -2.30. The fraction of sp³-hybridized carbons (Fsp3) is 0.167. The van der Waals surface area contributed by atoms with E-state index in [1.54, 1.807) is 6.08 Å². The highest BCUT2D eigenvalue weighted by Crippen LogP contribution is 2.12. The molecule has 0 spiro atoms. The van der Waals surface area contributed by atoms with Crippen LogP contribution in [0.2, 0.25) is 0 Å². The summed E-state index contributed by atoms with van der Waals surface area (Å²) >= 11 is 0. The number of carbonyl (C=O) groups excluding carboxylic acids is 2. The predicted molar refractivity (Wildman–Crippen MR) is 64.3 cm³/mol. The van der Waals surface area contributed by atoms with Crippen LogP contribution in [0.1, 0.15) is 0 Å². The van der Waals surface area contributed by atoms with Crippen molar-refractivity contribution < 1.29 is 9.59 Å². The maximum absolute atomic E-state index is 11.5. The molecule has 1 atom stereocenters. The van der Waals surface area contributed by atoms with Crippen molar-refractivity contribution in [3.05, 3.63) is 43.0 Å². The fourth-order valence-corrected chi connectivity index (χ4v) is 1.65. The summed E-state index contributed by atoms with van der Waals surface area (Å²) in [5.74, 6) is -0.295. The van der Waals surface area contributed by atoms with Crippen LogP contribution in [0.3, 0.4) is 0 Å². The molecular formula is C12H13N3O2. The molecule has 0 aromatic heterocycles. The van der Waals surface area contributed by atoms with E-state index in [0.717, 1.165) is 5.69 Å². The van der Waals surface area contributed by atoms with Crippen LogP contribution < -0.4 is 10.6 Å².